The Morgan fingerprint density at radius 2 is 2.15 bits per heavy atom. The first kappa shape index (κ1) is 7.85. The number of nitrogens with one attached hydrogen (secondary N) is 1. The number of H-pyrrole nitrogens is 1. The predicted molar refractivity (Wildman–Crippen MR) is 41.4 cm³/mol. The molecule has 0 fully saturated rings. The van der Waals surface area contributed by atoms with Crippen LogP contribution in [0.1, 0.15) is 10.5 Å². The maximum Gasteiger partial charge on any atom is 0.186 e. The van der Waals surface area contributed by atoms with Crippen LogP contribution in [-0.4, -0.2) is 16.5 Å². The van der Waals surface area contributed by atoms with E-state index in [9.17, 15) is 13.6 Å². The molecule has 0 aliphatic rings. The van der Waals surface area contributed by atoms with E-state index in [1.807, 2.05) is 0 Å². The van der Waals surface area contributed by atoms with Crippen LogP contribution in [0, 0.1) is 11.6 Å². The summed E-state index contributed by atoms with van der Waals surface area (Å²) in [6.07, 6.45) is 0.507. The van der Waals surface area contributed by atoms with Crippen LogP contribution in [0.25, 0.3) is 10.9 Å². The number of fused-ring (bicyclic) bond motifs is 1. The van der Waals surface area contributed by atoms with Gasteiger partial charge in [-0.15, -0.1) is 0 Å². The largest absolute Gasteiger partial charge is 0.296 e. The van der Waals surface area contributed by atoms with Gasteiger partial charge in [0.1, 0.15) is 11.2 Å². The number of aromatic nitrogens is 2. The first-order valence-corrected chi connectivity index (χ1v) is 3.51. The smallest absolute Gasteiger partial charge is 0.186 e. The second-order valence-electron chi connectivity index (χ2n) is 2.51. The van der Waals surface area contributed by atoms with Crippen molar-refractivity contribution in [3.05, 3.63) is 29.5 Å². The van der Waals surface area contributed by atoms with Gasteiger partial charge in [0.05, 0.1) is 0 Å². The molecule has 0 aliphatic heterocycles. The summed E-state index contributed by atoms with van der Waals surface area (Å²) < 4.78 is 25.6. The summed E-state index contributed by atoms with van der Waals surface area (Å²) in [6, 6.07) is 2.27. The average molecular weight is 182 g/mol. The van der Waals surface area contributed by atoms with Crippen LogP contribution in [0.2, 0.25) is 0 Å². The van der Waals surface area contributed by atoms with Crippen molar-refractivity contribution >= 4 is 17.2 Å². The fourth-order valence-electron chi connectivity index (χ4n) is 1.13. The number of hydrogen-bond donors (Lipinski definition) is 1. The molecule has 1 aromatic carbocycles. The highest BCUT2D eigenvalue weighted by atomic mass is 19.2. The van der Waals surface area contributed by atoms with Gasteiger partial charge in [-0.3, -0.25) is 9.89 Å². The van der Waals surface area contributed by atoms with Gasteiger partial charge in [-0.2, -0.15) is 5.10 Å². The molecule has 0 unspecified atom stereocenters. The van der Waals surface area contributed by atoms with Crippen LogP contribution < -0.4 is 0 Å². The zero-order valence-electron chi connectivity index (χ0n) is 6.34. The van der Waals surface area contributed by atoms with Crippen molar-refractivity contribution in [1.29, 1.82) is 0 Å². The third kappa shape index (κ3) is 1.00. The first-order valence-electron chi connectivity index (χ1n) is 3.51. The fraction of sp³-hybridized carbons (Fsp3) is 0. The maximum atomic E-state index is 13.0. The van der Waals surface area contributed by atoms with Gasteiger partial charge in [-0.1, -0.05) is 0 Å². The number of rotatable bonds is 1. The van der Waals surface area contributed by atoms with E-state index in [2.05, 4.69) is 10.2 Å². The maximum absolute atomic E-state index is 13.0. The molecule has 66 valence electrons. The van der Waals surface area contributed by atoms with Gasteiger partial charge in [0.25, 0.3) is 0 Å². The number of aldehydes is 1. The summed E-state index contributed by atoms with van der Waals surface area (Å²) in [6.45, 7) is 0. The second-order valence-corrected chi connectivity index (χ2v) is 2.51. The predicted octanol–water partition coefficient (Wildman–Crippen LogP) is 1.65. The normalized spacial score (nSPS) is 10.6. The number of benzene rings is 1. The molecule has 0 spiro atoms. The molecule has 13 heavy (non-hydrogen) atoms. The van der Waals surface area contributed by atoms with Crippen molar-refractivity contribution in [2.24, 2.45) is 0 Å². The summed E-state index contributed by atoms with van der Waals surface area (Å²) in [7, 11) is 0. The minimum atomic E-state index is -1.04. The SMILES string of the molecule is O=Cc1[nH]nc2c(F)c(F)ccc12. The lowest BCUT2D eigenvalue weighted by atomic mass is 10.2. The van der Waals surface area contributed by atoms with Crippen molar-refractivity contribution in [1.82, 2.24) is 10.2 Å². The summed E-state index contributed by atoms with van der Waals surface area (Å²) in [4.78, 5) is 10.4. The van der Waals surface area contributed by atoms with Gasteiger partial charge in [0.15, 0.2) is 17.9 Å². The molecule has 0 bridgehead atoms. The molecule has 0 aliphatic carbocycles. The lowest BCUT2D eigenvalue weighted by molar-refractivity contribution is 0.112. The number of halogens is 2. The number of carbonyl (C=O) groups is 1. The third-order valence-electron chi connectivity index (χ3n) is 1.77. The molecule has 5 heteroatoms. The zero-order valence-corrected chi connectivity index (χ0v) is 6.34. The number of hydrogen-bond acceptors (Lipinski definition) is 2. The fourth-order valence-corrected chi connectivity index (χ4v) is 1.13. The van der Waals surface area contributed by atoms with E-state index in [4.69, 9.17) is 0 Å². The van der Waals surface area contributed by atoms with Crippen molar-refractivity contribution < 1.29 is 13.6 Å². The van der Waals surface area contributed by atoms with Crippen molar-refractivity contribution in [2.75, 3.05) is 0 Å². The zero-order chi connectivity index (χ0) is 9.42. The van der Waals surface area contributed by atoms with Crippen LogP contribution in [-0.2, 0) is 0 Å². The lowest BCUT2D eigenvalue weighted by Gasteiger charge is -1.91. The molecule has 1 aromatic heterocycles. The van der Waals surface area contributed by atoms with E-state index in [-0.39, 0.29) is 16.6 Å². The van der Waals surface area contributed by atoms with Crippen LogP contribution >= 0.6 is 0 Å². The Hall–Kier alpha value is -1.78. The second kappa shape index (κ2) is 2.62. The molecule has 3 nitrogen and oxygen atoms in total. The Kier molecular flexibility index (Phi) is 1.58. The van der Waals surface area contributed by atoms with E-state index >= 15 is 0 Å². The highest BCUT2D eigenvalue weighted by Crippen LogP contribution is 2.19. The first-order chi connectivity index (χ1) is 6.24. The lowest BCUT2D eigenvalue weighted by Crippen LogP contribution is -1.85. The summed E-state index contributed by atoms with van der Waals surface area (Å²) in [5.74, 6) is -2.02. The van der Waals surface area contributed by atoms with Crippen molar-refractivity contribution in [3.8, 4) is 0 Å². The number of aromatic amines is 1. The molecule has 0 saturated carbocycles. The molecule has 0 amide bonds. The molecule has 1 N–H and O–H groups in total. The highest BCUT2D eigenvalue weighted by molar-refractivity contribution is 5.94. The molecule has 0 radical (unpaired) electrons. The number of carbonyl (C=O) groups excluding carboxylic acids is 1. The Balaban J connectivity index is 2.88. The monoisotopic (exact) mass is 182 g/mol. The van der Waals surface area contributed by atoms with Crippen LogP contribution in [0.3, 0.4) is 0 Å². The summed E-state index contributed by atoms with van der Waals surface area (Å²) >= 11 is 0. The van der Waals surface area contributed by atoms with Crippen LogP contribution in [0.15, 0.2) is 12.1 Å². The summed E-state index contributed by atoms with van der Waals surface area (Å²) in [5, 5.41) is 6.07. The Morgan fingerprint density at radius 3 is 2.85 bits per heavy atom. The highest BCUT2D eigenvalue weighted by Gasteiger charge is 2.12. The summed E-state index contributed by atoms with van der Waals surface area (Å²) in [5.41, 5.74) is -0.00370. The Bertz CT molecular complexity index is 478. The Morgan fingerprint density at radius 1 is 1.38 bits per heavy atom. The molecular weight excluding hydrogens is 178 g/mol. The minimum absolute atomic E-state index is 0.147. The molecule has 2 aromatic rings. The molecule has 0 atom stereocenters. The van der Waals surface area contributed by atoms with E-state index < -0.39 is 11.6 Å². The average Bonchev–Trinajstić information content (AvgIpc) is 2.55. The van der Waals surface area contributed by atoms with Gasteiger partial charge >= 0.3 is 0 Å². The third-order valence-corrected chi connectivity index (χ3v) is 1.77. The van der Waals surface area contributed by atoms with E-state index in [0.717, 1.165) is 6.07 Å². The molecule has 2 rings (SSSR count). The van der Waals surface area contributed by atoms with Crippen molar-refractivity contribution in [3.63, 3.8) is 0 Å². The van der Waals surface area contributed by atoms with E-state index in [1.54, 1.807) is 0 Å². The van der Waals surface area contributed by atoms with Gasteiger partial charge in [-0.05, 0) is 12.1 Å². The molecule has 0 saturated heterocycles. The van der Waals surface area contributed by atoms with Gasteiger partial charge in [0, 0.05) is 5.39 Å². The quantitative estimate of drug-likeness (QED) is 0.681. The molecule has 1 heterocycles. The van der Waals surface area contributed by atoms with Crippen LogP contribution in [0.5, 0.6) is 0 Å². The molecular formula is C8H4F2N2O. The van der Waals surface area contributed by atoms with Crippen LogP contribution in [0.4, 0.5) is 8.78 Å². The standard InChI is InChI=1S/C8H4F2N2O/c9-5-2-1-4-6(3-13)11-12-8(4)7(5)10/h1-3H,(H,11,12). The van der Waals surface area contributed by atoms with Gasteiger partial charge < -0.3 is 0 Å². The van der Waals surface area contributed by atoms with Crippen molar-refractivity contribution in [2.45, 2.75) is 0 Å². The Labute approximate surface area is 71.4 Å². The minimum Gasteiger partial charge on any atom is -0.296 e. The topological polar surface area (TPSA) is 45.8 Å². The van der Waals surface area contributed by atoms with E-state index in [0.29, 0.717) is 6.29 Å². The van der Waals surface area contributed by atoms with E-state index in [1.165, 1.54) is 6.07 Å². The van der Waals surface area contributed by atoms with Gasteiger partial charge in [0.2, 0.25) is 0 Å². The van der Waals surface area contributed by atoms with Gasteiger partial charge in [-0.25, -0.2) is 8.78 Å². The number of nitrogens with zero attached hydrogens (tertiary/aromatic N) is 1.